The molecule has 0 aliphatic heterocycles. The van der Waals surface area contributed by atoms with Crippen LogP contribution in [0.3, 0.4) is 0 Å². The molecule has 0 aliphatic carbocycles. The highest BCUT2D eigenvalue weighted by Gasteiger charge is 2.10. The first kappa shape index (κ1) is 12.5. The molecule has 0 amide bonds. The molecule has 1 aromatic rings. The van der Waals surface area contributed by atoms with Gasteiger partial charge in [-0.3, -0.25) is 4.68 Å². The molecule has 0 aliphatic rings. The van der Waals surface area contributed by atoms with E-state index in [9.17, 15) is 4.79 Å². The molecule has 1 rings (SSSR count). The molecule has 0 fully saturated rings. The SMILES string of the molecule is C=CCCCCCn1cc(C(=O)O)c(C)n1. The zero-order chi connectivity index (χ0) is 12.0. The molecule has 88 valence electrons. The number of aromatic nitrogens is 2. The number of aromatic carboxylic acids is 1. The monoisotopic (exact) mass is 222 g/mol. The van der Waals surface area contributed by atoms with E-state index in [1.54, 1.807) is 17.8 Å². The van der Waals surface area contributed by atoms with E-state index in [0.29, 0.717) is 11.3 Å². The highest BCUT2D eigenvalue weighted by Crippen LogP contribution is 2.07. The molecule has 4 nitrogen and oxygen atoms in total. The first-order valence-electron chi connectivity index (χ1n) is 5.53. The molecule has 0 saturated heterocycles. The smallest absolute Gasteiger partial charge is 0.339 e. The molecular formula is C12H18N2O2. The highest BCUT2D eigenvalue weighted by atomic mass is 16.4. The van der Waals surface area contributed by atoms with Crippen molar-refractivity contribution in [1.82, 2.24) is 9.78 Å². The van der Waals surface area contributed by atoms with Crippen molar-refractivity contribution in [2.24, 2.45) is 0 Å². The first-order valence-corrected chi connectivity index (χ1v) is 5.53. The second-order valence-electron chi connectivity index (χ2n) is 3.83. The molecule has 0 radical (unpaired) electrons. The molecule has 16 heavy (non-hydrogen) atoms. The Morgan fingerprint density at radius 2 is 2.31 bits per heavy atom. The van der Waals surface area contributed by atoms with Crippen LogP contribution in [0, 0.1) is 6.92 Å². The molecule has 0 unspecified atom stereocenters. The number of aryl methyl sites for hydroxylation is 2. The zero-order valence-corrected chi connectivity index (χ0v) is 9.65. The van der Waals surface area contributed by atoms with Crippen LogP contribution in [0.2, 0.25) is 0 Å². The van der Waals surface area contributed by atoms with Gasteiger partial charge in [0.2, 0.25) is 0 Å². The third-order valence-electron chi connectivity index (χ3n) is 2.47. The molecule has 0 atom stereocenters. The number of unbranched alkanes of at least 4 members (excludes halogenated alkanes) is 3. The maximum atomic E-state index is 10.8. The fraction of sp³-hybridized carbons (Fsp3) is 0.500. The number of carbonyl (C=O) groups is 1. The largest absolute Gasteiger partial charge is 0.478 e. The quantitative estimate of drug-likeness (QED) is 0.570. The van der Waals surface area contributed by atoms with Gasteiger partial charge >= 0.3 is 5.97 Å². The van der Waals surface area contributed by atoms with Crippen molar-refractivity contribution < 1.29 is 9.90 Å². The van der Waals surface area contributed by atoms with E-state index in [0.717, 1.165) is 32.2 Å². The van der Waals surface area contributed by atoms with Crippen molar-refractivity contribution in [3.63, 3.8) is 0 Å². The predicted molar refractivity (Wildman–Crippen MR) is 62.6 cm³/mol. The number of hydrogen-bond donors (Lipinski definition) is 1. The lowest BCUT2D eigenvalue weighted by atomic mass is 10.2. The Morgan fingerprint density at radius 1 is 1.56 bits per heavy atom. The maximum Gasteiger partial charge on any atom is 0.339 e. The summed E-state index contributed by atoms with van der Waals surface area (Å²) in [5.74, 6) is -0.907. The lowest BCUT2D eigenvalue weighted by molar-refractivity contribution is 0.0696. The number of nitrogens with zero attached hydrogens (tertiary/aromatic N) is 2. The second-order valence-corrected chi connectivity index (χ2v) is 3.83. The van der Waals surface area contributed by atoms with Crippen molar-refractivity contribution in [3.8, 4) is 0 Å². The van der Waals surface area contributed by atoms with E-state index in [1.165, 1.54) is 0 Å². The Morgan fingerprint density at radius 3 is 2.88 bits per heavy atom. The van der Waals surface area contributed by atoms with Gasteiger partial charge in [0.15, 0.2) is 0 Å². The summed E-state index contributed by atoms with van der Waals surface area (Å²) in [6.45, 7) is 6.17. The number of rotatable bonds is 7. The fourth-order valence-electron chi connectivity index (χ4n) is 1.58. The summed E-state index contributed by atoms with van der Waals surface area (Å²) in [7, 11) is 0. The summed E-state index contributed by atoms with van der Waals surface area (Å²) in [4.78, 5) is 10.8. The van der Waals surface area contributed by atoms with E-state index in [-0.39, 0.29) is 0 Å². The van der Waals surface area contributed by atoms with Crippen LogP contribution < -0.4 is 0 Å². The van der Waals surface area contributed by atoms with Gasteiger partial charge in [-0.25, -0.2) is 4.79 Å². The Bertz CT molecular complexity index is 369. The molecule has 4 heteroatoms. The first-order chi connectivity index (χ1) is 7.65. The van der Waals surface area contributed by atoms with E-state index < -0.39 is 5.97 Å². The number of allylic oxidation sites excluding steroid dienone is 1. The van der Waals surface area contributed by atoms with E-state index in [4.69, 9.17) is 5.11 Å². The second kappa shape index (κ2) is 6.10. The van der Waals surface area contributed by atoms with Crippen molar-refractivity contribution in [2.75, 3.05) is 0 Å². The molecule has 0 bridgehead atoms. The lowest BCUT2D eigenvalue weighted by Gasteiger charge is -2.00. The lowest BCUT2D eigenvalue weighted by Crippen LogP contribution is -1.98. The number of hydrogen-bond acceptors (Lipinski definition) is 2. The van der Waals surface area contributed by atoms with Gasteiger partial charge in [0.1, 0.15) is 5.56 Å². The van der Waals surface area contributed by atoms with Crippen molar-refractivity contribution >= 4 is 5.97 Å². The van der Waals surface area contributed by atoms with Crippen LogP contribution in [-0.2, 0) is 6.54 Å². The Balaban J connectivity index is 2.40. The van der Waals surface area contributed by atoms with Gasteiger partial charge in [0.25, 0.3) is 0 Å². The van der Waals surface area contributed by atoms with Crippen LogP contribution in [0.15, 0.2) is 18.9 Å². The molecule has 0 aromatic carbocycles. The van der Waals surface area contributed by atoms with Gasteiger partial charge in [-0.1, -0.05) is 12.5 Å². The van der Waals surface area contributed by atoms with Gasteiger partial charge in [-0.15, -0.1) is 6.58 Å². The molecular weight excluding hydrogens is 204 g/mol. The normalized spacial score (nSPS) is 10.3. The van der Waals surface area contributed by atoms with Crippen molar-refractivity contribution in [2.45, 2.75) is 39.2 Å². The summed E-state index contributed by atoms with van der Waals surface area (Å²) in [5.41, 5.74) is 0.879. The minimum absolute atomic E-state index is 0.297. The summed E-state index contributed by atoms with van der Waals surface area (Å²) in [6, 6.07) is 0. The number of carboxylic acid groups (broad SMARTS) is 1. The number of carboxylic acids is 1. The molecule has 0 saturated carbocycles. The summed E-state index contributed by atoms with van der Waals surface area (Å²) < 4.78 is 1.71. The summed E-state index contributed by atoms with van der Waals surface area (Å²) in [6.07, 6.45) is 7.83. The molecule has 1 N–H and O–H groups in total. The minimum Gasteiger partial charge on any atom is -0.478 e. The third-order valence-corrected chi connectivity index (χ3v) is 2.47. The van der Waals surface area contributed by atoms with E-state index in [1.807, 2.05) is 6.08 Å². The molecule has 0 spiro atoms. The van der Waals surface area contributed by atoms with E-state index >= 15 is 0 Å². The average Bonchev–Trinajstić information content (AvgIpc) is 2.59. The molecule has 1 aromatic heterocycles. The van der Waals surface area contributed by atoms with E-state index in [2.05, 4.69) is 11.7 Å². The van der Waals surface area contributed by atoms with Gasteiger partial charge in [-0.2, -0.15) is 5.10 Å². The van der Waals surface area contributed by atoms with Crippen LogP contribution in [0.5, 0.6) is 0 Å². The summed E-state index contributed by atoms with van der Waals surface area (Å²) in [5, 5.41) is 13.0. The van der Waals surface area contributed by atoms with Gasteiger partial charge in [-0.05, 0) is 26.2 Å². The fourth-order valence-corrected chi connectivity index (χ4v) is 1.58. The Kier molecular flexibility index (Phi) is 4.76. The standard InChI is InChI=1S/C12H18N2O2/c1-3-4-5-6-7-8-14-9-11(12(15)16)10(2)13-14/h3,9H,1,4-8H2,2H3,(H,15,16). The van der Waals surface area contributed by atoms with Gasteiger partial charge in [0, 0.05) is 12.7 Å². The van der Waals surface area contributed by atoms with Crippen molar-refractivity contribution in [1.29, 1.82) is 0 Å². The summed E-state index contributed by atoms with van der Waals surface area (Å²) >= 11 is 0. The average molecular weight is 222 g/mol. The van der Waals surface area contributed by atoms with Crippen LogP contribution in [0.4, 0.5) is 0 Å². The maximum absolute atomic E-state index is 10.8. The minimum atomic E-state index is -0.907. The highest BCUT2D eigenvalue weighted by molar-refractivity contribution is 5.88. The zero-order valence-electron chi connectivity index (χ0n) is 9.65. The van der Waals surface area contributed by atoms with Crippen LogP contribution in [0.1, 0.15) is 41.7 Å². The third kappa shape index (κ3) is 3.53. The Hall–Kier alpha value is -1.58. The van der Waals surface area contributed by atoms with Crippen LogP contribution in [-0.4, -0.2) is 20.9 Å². The molecule has 1 heterocycles. The Labute approximate surface area is 95.6 Å². The van der Waals surface area contributed by atoms with Gasteiger partial charge < -0.3 is 5.11 Å². The van der Waals surface area contributed by atoms with Gasteiger partial charge in [0.05, 0.1) is 5.69 Å². The van der Waals surface area contributed by atoms with Crippen molar-refractivity contribution in [3.05, 3.63) is 30.1 Å². The predicted octanol–water partition coefficient (Wildman–Crippen LogP) is 2.64. The topological polar surface area (TPSA) is 55.1 Å². The van der Waals surface area contributed by atoms with Crippen LogP contribution in [0.25, 0.3) is 0 Å². The van der Waals surface area contributed by atoms with Crippen LogP contribution >= 0.6 is 0 Å².